The van der Waals surface area contributed by atoms with Crippen LogP contribution in [0.3, 0.4) is 0 Å². The molecular weight excluding hydrogens is 206 g/mol. The number of hydrogen-bond donors (Lipinski definition) is 3. The second kappa shape index (κ2) is 4.22. The first kappa shape index (κ1) is 10.5. The molecule has 0 saturated carbocycles. The van der Waals surface area contributed by atoms with Crippen molar-refractivity contribution < 1.29 is 4.79 Å². The molecule has 84 valence electrons. The van der Waals surface area contributed by atoms with Crippen LogP contribution < -0.4 is 11.0 Å². The highest BCUT2D eigenvalue weighted by molar-refractivity contribution is 5.77. The van der Waals surface area contributed by atoms with E-state index in [1.807, 2.05) is 25.1 Å². The zero-order valence-electron chi connectivity index (χ0n) is 8.96. The van der Waals surface area contributed by atoms with Gasteiger partial charge in [-0.05, 0) is 17.7 Å². The number of fused-ring (bicyclic) bond motifs is 1. The summed E-state index contributed by atoms with van der Waals surface area (Å²) in [6.45, 7) is 2.29. The van der Waals surface area contributed by atoms with E-state index < -0.39 is 0 Å². The minimum Gasteiger partial charge on any atom is -0.352 e. The molecule has 0 aliphatic heterocycles. The maximum atomic E-state index is 11.1. The third-order valence-corrected chi connectivity index (χ3v) is 2.39. The molecule has 2 aromatic rings. The SMILES string of the molecule is CCC(=O)NCc1ccc2[nH]c(=O)[nH]c2c1. The van der Waals surface area contributed by atoms with Crippen LogP contribution in [0.2, 0.25) is 0 Å². The monoisotopic (exact) mass is 219 g/mol. The van der Waals surface area contributed by atoms with Crippen molar-refractivity contribution in [3.63, 3.8) is 0 Å². The summed E-state index contributed by atoms with van der Waals surface area (Å²) in [5.41, 5.74) is 2.28. The zero-order valence-corrected chi connectivity index (χ0v) is 8.96. The van der Waals surface area contributed by atoms with Gasteiger partial charge in [0.2, 0.25) is 5.91 Å². The van der Waals surface area contributed by atoms with Gasteiger partial charge < -0.3 is 15.3 Å². The molecule has 1 amide bonds. The number of rotatable bonds is 3. The Morgan fingerprint density at radius 3 is 2.81 bits per heavy atom. The summed E-state index contributed by atoms with van der Waals surface area (Å²) < 4.78 is 0. The number of imidazole rings is 1. The predicted molar refractivity (Wildman–Crippen MR) is 61.1 cm³/mol. The number of benzene rings is 1. The van der Waals surface area contributed by atoms with Gasteiger partial charge in [0.05, 0.1) is 11.0 Å². The molecule has 1 aromatic carbocycles. The van der Waals surface area contributed by atoms with Gasteiger partial charge in [-0.1, -0.05) is 13.0 Å². The van der Waals surface area contributed by atoms with Crippen molar-refractivity contribution in [3.8, 4) is 0 Å². The van der Waals surface area contributed by atoms with Gasteiger partial charge in [-0.2, -0.15) is 0 Å². The minimum atomic E-state index is -0.218. The van der Waals surface area contributed by atoms with Crippen molar-refractivity contribution in [1.82, 2.24) is 15.3 Å². The van der Waals surface area contributed by atoms with Gasteiger partial charge in [-0.25, -0.2) is 4.79 Å². The molecular formula is C11H13N3O2. The summed E-state index contributed by atoms with van der Waals surface area (Å²) in [7, 11) is 0. The van der Waals surface area contributed by atoms with Crippen LogP contribution in [0.15, 0.2) is 23.0 Å². The molecule has 0 aliphatic carbocycles. The quantitative estimate of drug-likeness (QED) is 0.716. The van der Waals surface area contributed by atoms with Gasteiger partial charge in [0.25, 0.3) is 0 Å². The van der Waals surface area contributed by atoms with Crippen LogP contribution in [0.5, 0.6) is 0 Å². The Bertz CT molecular complexity index is 568. The standard InChI is InChI=1S/C11H13N3O2/c1-2-10(15)12-6-7-3-4-8-9(5-7)14-11(16)13-8/h3-5H,2,6H2,1H3,(H,12,15)(H2,13,14,16). The molecule has 16 heavy (non-hydrogen) atoms. The second-order valence-corrected chi connectivity index (χ2v) is 3.59. The highest BCUT2D eigenvalue weighted by atomic mass is 16.1. The molecule has 1 heterocycles. The maximum absolute atomic E-state index is 11.1. The van der Waals surface area contributed by atoms with E-state index >= 15 is 0 Å². The van der Waals surface area contributed by atoms with E-state index in [0.717, 1.165) is 16.6 Å². The van der Waals surface area contributed by atoms with Gasteiger partial charge in [-0.15, -0.1) is 0 Å². The molecule has 0 unspecified atom stereocenters. The first-order valence-electron chi connectivity index (χ1n) is 5.16. The summed E-state index contributed by atoms with van der Waals surface area (Å²) in [6, 6.07) is 5.55. The van der Waals surface area contributed by atoms with Crippen LogP contribution in [-0.4, -0.2) is 15.9 Å². The van der Waals surface area contributed by atoms with Gasteiger partial charge in [0.15, 0.2) is 0 Å². The van der Waals surface area contributed by atoms with Crippen LogP contribution in [-0.2, 0) is 11.3 Å². The average molecular weight is 219 g/mol. The predicted octanol–water partition coefficient (Wildman–Crippen LogP) is 0.882. The van der Waals surface area contributed by atoms with E-state index in [-0.39, 0.29) is 11.6 Å². The highest BCUT2D eigenvalue weighted by Crippen LogP contribution is 2.09. The fourth-order valence-corrected chi connectivity index (χ4v) is 1.52. The number of aromatic amines is 2. The fourth-order valence-electron chi connectivity index (χ4n) is 1.52. The van der Waals surface area contributed by atoms with Crippen LogP contribution >= 0.6 is 0 Å². The summed E-state index contributed by atoms with van der Waals surface area (Å²) in [4.78, 5) is 27.4. The van der Waals surface area contributed by atoms with Gasteiger partial charge in [-0.3, -0.25) is 4.79 Å². The topological polar surface area (TPSA) is 77.8 Å². The van der Waals surface area contributed by atoms with Crippen molar-refractivity contribution >= 4 is 16.9 Å². The van der Waals surface area contributed by atoms with Crippen LogP contribution in [0.1, 0.15) is 18.9 Å². The van der Waals surface area contributed by atoms with Crippen LogP contribution in [0.4, 0.5) is 0 Å². The summed E-state index contributed by atoms with van der Waals surface area (Å²) >= 11 is 0. The minimum absolute atomic E-state index is 0.0164. The average Bonchev–Trinajstić information content (AvgIpc) is 2.65. The van der Waals surface area contributed by atoms with Crippen molar-refractivity contribution in [1.29, 1.82) is 0 Å². The Labute approximate surface area is 91.9 Å². The zero-order chi connectivity index (χ0) is 11.5. The normalized spacial score (nSPS) is 10.6. The van der Waals surface area contributed by atoms with Gasteiger partial charge in [0, 0.05) is 13.0 Å². The Balaban J connectivity index is 2.19. The van der Waals surface area contributed by atoms with Crippen LogP contribution in [0.25, 0.3) is 11.0 Å². The van der Waals surface area contributed by atoms with Crippen molar-refractivity contribution in [2.45, 2.75) is 19.9 Å². The highest BCUT2D eigenvalue weighted by Gasteiger charge is 2.01. The lowest BCUT2D eigenvalue weighted by Crippen LogP contribution is -2.21. The number of carbonyl (C=O) groups excluding carboxylic acids is 1. The number of hydrogen-bond acceptors (Lipinski definition) is 2. The molecule has 0 bridgehead atoms. The number of amides is 1. The Morgan fingerprint density at radius 2 is 2.06 bits per heavy atom. The second-order valence-electron chi connectivity index (χ2n) is 3.59. The lowest BCUT2D eigenvalue weighted by molar-refractivity contribution is -0.120. The number of carbonyl (C=O) groups is 1. The van der Waals surface area contributed by atoms with Crippen molar-refractivity contribution in [3.05, 3.63) is 34.2 Å². The Hall–Kier alpha value is -2.04. The first-order chi connectivity index (χ1) is 7.69. The molecule has 0 atom stereocenters. The molecule has 5 heteroatoms. The molecule has 0 aliphatic rings. The largest absolute Gasteiger partial charge is 0.352 e. The molecule has 2 rings (SSSR count). The third-order valence-electron chi connectivity index (χ3n) is 2.39. The smallest absolute Gasteiger partial charge is 0.323 e. The van der Waals surface area contributed by atoms with Crippen LogP contribution in [0, 0.1) is 0 Å². The third kappa shape index (κ3) is 2.13. The lowest BCUT2D eigenvalue weighted by Gasteiger charge is -2.03. The van der Waals surface area contributed by atoms with E-state index in [1.165, 1.54) is 0 Å². The van der Waals surface area contributed by atoms with Crippen molar-refractivity contribution in [2.75, 3.05) is 0 Å². The van der Waals surface area contributed by atoms with E-state index in [1.54, 1.807) is 0 Å². The molecule has 1 aromatic heterocycles. The van der Waals surface area contributed by atoms with E-state index in [9.17, 15) is 9.59 Å². The molecule has 0 radical (unpaired) electrons. The van der Waals surface area contributed by atoms with E-state index in [0.29, 0.717) is 13.0 Å². The van der Waals surface area contributed by atoms with Gasteiger partial charge >= 0.3 is 5.69 Å². The van der Waals surface area contributed by atoms with Crippen molar-refractivity contribution in [2.24, 2.45) is 0 Å². The molecule has 0 fully saturated rings. The molecule has 0 saturated heterocycles. The fraction of sp³-hybridized carbons (Fsp3) is 0.273. The molecule has 3 N–H and O–H groups in total. The number of aromatic nitrogens is 2. The van der Waals surface area contributed by atoms with E-state index in [4.69, 9.17) is 0 Å². The molecule has 0 spiro atoms. The van der Waals surface area contributed by atoms with E-state index in [2.05, 4.69) is 15.3 Å². The van der Waals surface area contributed by atoms with Gasteiger partial charge in [0.1, 0.15) is 0 Å². The first-order valence-corrected chi connectivity index (χ1v) is 5.16. The summed E-state index contributed by atoms with van der Waals surface area (Å²) in [5, 5.41) is 2.78. The Kier molecular flexibility index (Phi) is 2.76. The number of H-pyrrole nitrogens is 2. The summed E-state index contributed by atoms with van der Waals surface area (Å²) in [5.74, 6) is 0.0164. The lowest BCUT2D eigenvalue weighted by atomic mass is 10.2. The number of nitrogens with one attached hydrogen (secondary N) is 3. The maximum Gasteiger partial charge on any atom is 0.323 e. The molecule has 5 nitrogen and oxygen atoms in total. The Morgan fingerprint density at radius 1 is 1.31 bits per heavy atom. The summed E-state index contributed by atoms with van der Waals surface area (Å²) in [6.07, 6.45) is 0.475.